The smallest absolute Gasteiger partial charge is 0.222 e. The first-order valence-electron chi connectivity index (χ1n) is 6.12. The van der Waals surface area contributed by atoms with Crippen molar-refractivity contribution in [3.63, 3.8) is 0 Å². The molecule has 94 valence electrons. The molecule has 0 fully saturated rings. The number of anilines is 1. The number of aryl methyl sites for hydroxylation is 2. The fourth-order valence-electron chi connectivity index (χ4n) is 2.24. The normalized spacial score (nSPS) is 10.5. The average Bonchev–Trinajstić information content (AvgIpc) is 2.37. The van der Waals surface area contributed by atoms with Gasteiger partial charge in [-0.3, -0.25) is 0 Å². The van der Waals surface area contributed by atoms with Crippen LogP contribution in [0.1, 0.15) is 22.3 Å². The second-order valence-corrected chi connectivity index (χ2v) is 4.68. The van der Waals surface area contributed by atoms with Gasteiger partial charge in [0.1, 0.15) is 0 Å². The maximum Gasteiger partial charge on any atom is 0.222 e. The summed E-state index contributed by atoms with van der Waals surface area (Å²) in [5.74, 6) is 0.651. The molecular formula is C15H19N3. The molecule has 1 N–H and O–H groups in total. The first-order valence-corrected chi connectivity index (χ1v) is 6.12. The molecule has 18 heavy (non-hydrogen) atoms. The summed E-state index contributed by atoms with van der Waals surface area (Å²) in [6.07, 6.45) is 3.76. The van der Waals surface area contributed by atoms with Crippen LogP contribution in [0, 0.1) is 27.7 Å². The fourth-order valence-corrected chi connectivity index (χ4v) is 2.24. The minimum absolute atomic E-state index is 0.651. The van der Waals surface area contributed by atoms with Crippen molar-refractivity contribution in [2.75, 3.05) is 12.4 Å². The summed E-state index contributed by atoms with van der Waals surface area (Å²) in [6.45, 7) is 8.61. The molecule has 0 atom stereocenters. The summed E-state index contributed by atoms with van der Waals surface area (Å²) >= 11 is 0. The summed E-state index contributed by atoms with van der Waals surface area (Å²) in [6, 6.07) is 2.23. The van der Waals surface area contributed by atoms with Crippen LogP contribution in [0.3, 0.4) is 0 Å². The quantitative estimate of drug-likeness (QED) is 0.875. The minimum atomic E-state index is 0.651. The van der Waals surface area contributed by atoms with E-state index in [0.29, 0.717) is 5.95 Å². The lowest BCUT2D eigenvalue weighted by molar-refractivity contribution is 1.14. The van der Waals surface area contributed by atoms with Crippen molar-refractivity contribution in [1.29, 1.82) is 0 Å². The van der Waals surface area contributed by atoms with Crippen molar-refractivity contribution in [2.24, 2.45) is 0 Å². The van der Waals surface area contributed by atoms with Crippen LogP contribution < -0.4 is 5.32 Å². The Morgan fingerprint density at radius 3 is 1.83 bits per heavy atom. The Morgan fingerprint density at radius 2 is 1.39 bits per heavy atom. The van der Waals surface area contributed by atoms with Gasteiger partial charge < -0.3 is 5.32 Å². The number of hydrogen-bond acceptors (Lipinski definition) is 3. The van der Waals surface area contributed by atoms with Crippen molar-refractivity contribution in [3.05, 3.63) is 40.7 Å². The third kappa shape index (κ3) is 2.08. The molecule has 0 saturated carbocycles. The number of rotatable bonds is 2. The van der Waals surface area contributed by atoms with Gasteiger partial charge in [0.25, 0.3) is 0 Å². The zero-order valence-corrected chi connectivity index (χ0v) is 11.6. The van der Waals surface area contributed by atoms with Gasteiger partial charge in [-0.1, -0.05) is 6.07 Å². The third-order valence-electron chi connectivity index (χ3n) is 3.53. The largest absolute Gasteiger partial charge is 0.357 e. The standard InChI is InChI=1S/C15H19N3/c1-9-6-10(2)12(4)14(11(9)3)13-7-17-15(16-5)18-8-13/h6-8H,1-5H3,(H,16,17,18). The molecule has 0 saturated heterocycles. The van der Waals surface area contributed by atoms with Crippen LogP contribution in [0.25, 0.3) is 11.1 Å². The van der Waals surface area contributed by atoms with Gasteiger partial charge in [0.2, 0.25) is 5.95 Å². The van der Waals surface area contributed by atoms with Gasteiger partial charge in [0.15, 0.2) is 0 Å². The van der Waals surface area contributed by atoms with E-state index in [1.54, 1.807) is 0 Å². The first-order chi connectivity index (χ1) is 8.54. The predicted molar refractivity (Wildman–Crippen MR) is 76.0 cm³/mol. The highest BCUT2D eigenvalue weighted by Crippen LogP contribution is 2.30. The summed E-state index contributed by atoms with van der Waals surface area (Å²) in [4.78, 5) is 8.59. The molecule has 2 rings (SSSR count). The highest BCUT2D eigenvalue weighted by molar-refractivity contribution is 5.72. The van der Waals surface area contributed by atoms with E-state index in [4.69, 9.17) is 0 Å². The minimum Gasteiger partial charge on any atom is -0.357 e. The monoisotopic (exact) mass is 241 g/mol. The van der Waals surface area contributed by atoms with E-state index in [0.717, 1.165) is 5.56 Å². The van der Waals surface area contributed by atoms with Gasteiger partial charge in [0.05, 0.1) is 0 Å². The molecule has 1 heterocycles. The van der Waals surface area contributed by atoms with Crippen LogP contribution in [0.5, 0.6) is 0 Å². The topological polar surface area (TPSA) is 37.8 Å². The lowest BCUT2D eigenvalue weighted by Gasteiger charge is -2.15. The fraction of sp³-hybridized carbons (Fsp3) is 0.333. The van der Waals surface area contributed by atoms with Crippen LogP contribution in [-0.4, -0.2) is 17.0 Å². The van der Waals surface area contributed by atoms with E-state index in [1.807, 2.05) is 19.4 Å². The Labute approximate surface area is 108 Å². The molecule has 0 bridgehead atoms. The summed E-state index contributed by atoms with van der Waals surface area (Å²) in [5.41, 5.74) is 7.57. The molecule has 2 aromatic rings. The molecule has 3 heteroatoms. The number of hydrogen-bond donors (Lipinski definition) is 1. The lowest BCUT2D eigenvalue weighted by atomic mass is 9.91. The third-order valence-corrected chi connectivity index (χ3v) is 3.53. The molecule has 0 amide bonds. The summed E-state index contributed by atoms with van der Waals surface area (Å²) in [5, 5.41) is 2.94. The molecule has 3 nitrogen and oxygen atoms in total. The Hall–Kier alpha value is -1.90. The van der Waals surface area contributed by atoms with E-state index in [1.165, 1.54) is 27.8 Å². The van der Waals surface area contributed by atoms with E-state index in [9.17, 15) is 0 Å². The van der Waals surface area contributed by atoms with Gasteiger partial charge in [-0.05, 0) is 55.5 Å². The van der Waals surface area contributed by atoms with Crippen molar-refractivity contribution >= 4 is 5.95 Å². The lowest BCUT2D eigenvalue weighted by Crippen LogP contribution is -1.99. The van der Waals surface area contributed by atoms with E-state index >= 15 is 0 Å². The Morgan fingerprint density at radius 1 is 0.889 bits per heavy atom. The van der Waals surface area contributed by atoms with Crippen LogP contribution in [-0.2, 0) is 0 Å². The van der Waals surface area contributed by atoms with Crippen molar-refractivity contribution in [3.8, 4) is 11.1 Å². The highest BCUT2D eigenvalue weighted by Gasteiger charge is 2.11. The van der Waals surface area contributed by atoms with Gasteiger partial charge in [-0.15, -0.1) is 0 Å². The first kappa shape index (κ1) is 12.6. The van der Waals surface area contributed by atoms with Crippen LogP contribution in [0.2, 0.25) is 0 Å². The maximum absolute atomic E-state index is 4.29. The molecule has 0 radical (unpaired) electrons. The molecule has 1 aromatic carbocycles. The van der Waals surface area contributed by atoms with Gasteiger partial charge in [-0.2, -0.15) is 0 Å². The van der Waals surface area contributed by atoms with Gasteiger partial charge in [-0.25, -0.2) is 9.97 Å². The number of nitrogens with zero attached hydrogens (tertiary/aromatic N) is 2. The van der Waals surface area contributed by atoms with E-state index < -0.39 is 0 Å². The van der Waals surface area contributed by atoms with Crippen LogP contribution >= 0.6 is 0 Å². The maximum atomic E-state index is 4.29. The zero-order valence-electron chi connectivity index (χ0n) is 11.6. The molecule has 0 spiro atoms. The SMILES string of the molecule is CNc1ncc(-c2c(C)c(C)cc(C)c2C)cn1. The predicted octanol–water partition coefficient (Wildman–Crippen LogP) is 3.42. The van der Waals surface area contributed by atoms with Crippen molar-refractivity contribution in [2.45, 2.75) is 27.7 Å². The van der Waals surface area contributed by atoms with Gasteiger partial charge in [0, 0.05) is 25.0 Å². The van der Waals surface area contributed by atoms with Crippen molar-refractivity contribution < 1.29 is 0 Å². The molecular weight excluding hydrogens is 222 g/mol. The second-order valence-electron chi connectivity index (χ2n) is 4.68. The molecule has 1 aromatic heterocycles. The number of benzene rings is 1. The van der Waals surface area contributed by atoms with Crippen molar-refractivity contribution in [1.82, 2.24) is 9.97 Å². The molecule has 0 aliphatic carbocycles. The Kier molecular flexibility index (Phi) is 3.32. The average molecular weight is 241 g/mol. The zero-order chi connectivity index (χ0) is 13.3. The number of aromatic nitrogens is 2. The second kappa shape index (κ2) is 4.77. The molecule has 0 aliphatic heterocycles. The molecule has 0 aliphatic rings. The van der Waals surface area contributed by atoms with Crippen LogP contribution in [0.4, 0.5) is 5.95 Å². The summed E-state index contributed by atoms with van der Waals surface area (Å²) < 4.78 is 0. The molecule has 0 unspecified atom stereocenters. The number of nitrogens with one attached hydrogen (secondary N) is 1. The highest BCUT2D eigenvalue weighted by atomic mass is 15.1. The van der Waals surface area contributed by atoms with Gasteiger partial charge >= 0.3 is 0 Å². The van der Waals surface area contributed by atoms with E-state index in [-0.39, 0.29) is 0 Å². The van der Waals surface area contributed by atoms with Crippen LogP contribution in [0.15, 0.2) is 18.5 Å². The Balaban J connectivity index is 2.62. The Bertz CT molecular complexity index is 545. The van der Waals surface area contributed by atoms with E-state index in [2.05, 4.69) is 49.0 Å². The summed E-state index contributed by atoms with van der Waals surface area (Å²) in [7, 11) is 1.82.